The molecule has 2 rings (SSSR count). The Balaban J connectivity index is 2.03. The minimum Gasteiger partial charge on any atom is -0.491 e. The van der Waals surface area contributed by atoms with Gasteiger partial charge in [-0.15, -0.1) is 0 Å². The van der Waals surface area contributed by atoms with E-state index in [1.165, 1.54) is 18.4 Å². The summed E-state index contributed by atoms with van der Waals surface area (Å²) in [6.45, 7) is 5.71. The summed E-state index contributed by atoms with van der Waals surface area (Å²) in [6, 6.07) is 7.63. The van der Waals surface area contributed by atoms with E-state index in [-0.39, 0.29) is 6.10 Å². The number of carbonyl (C=O) groups is 1. The number of hydrazone groups is 1. The molecule has 0 aliphatic rings. The molecule has 6 nitrogen and oxygen atoms in total. The number of methoxy groups -OCH3 is 1. The van der Waals surface area contributed by atoms with Gasteiger partial charge in [-0.3, -0.25) is 5.43 Å². The standard InChI is InChI=1S/C16H19N3O3S/c1-10(2)22-13-7-5-6-12(8-13)9-17-19-16-18-11(3)14(23-16)15(20)21-4/h5-10H,1-4H3,(H,18,19)/b17-9+. The van der Waals surface area contributed by atoms with Gasteiger partial charge < -0.3 is 9.47 Å². The molecule has 1 N–H and O–H groups in total. The zero-order valence-corrected chi connectivity index (χ0v) is 14.3. The number of hydrogen-bond acceptors (Lipinski definition) is 7. The van der Waals surface area contributed by atoms with E-state index in [0.717, 1.165) is 11.3 Å². The summed E-state index contributed by atoms with van der Waals surface area (Å²) >= 11 is 1.20. The van der Waals surface area contributed by atoms with Gasteiger partial charge in [0.05, 0.1) is 25.1 Å². The lowest BCUT2D eigenvalue weighted by Crippen LogP contribution is -2.05. The van der Waals surface area contributed by atoms with Gasteiger partial charge in [-0.05, 0) is 38.5 Å². The van der Waals surface area contributed by atoms with E-state index in [1.54, 1.807) is 13.1 Å². The van der Waals surface area contributed by atoms with Gasteiger partial charge in [0.15, 0.2) is 0 Å². The lowest BCUT2D eigenvalue weighted by atomic mass is 10.2. The first-order chi connectivity index (χ1) is 11.0. The second-order valence-corrected chi connectivity index (χ2v) is 6.03. The van der Waals surface area contributed by atoms with Gasteiger partial charge >= 0.3 is 5.97 Å². The normalized spacial score (nSPS) is 11.0. The molecule has 0 aliphatic heterocycles. The Morgan fingerprint density at radius 1 is 1.43 bits per heavy atom. The summed E-state index contributed by atoms with van der Waals surface area (Å²) in [6.07, 6.45) is 1.79. The molecule has 0 unspecified atom stereocenters. The van der Waals surface area contributed by atoms with E-state index >= 15 is 0 Å². The van der Waals surface area contributed by atoms with E-state index in [0.29, 0.717) is 15.7 Å². The van der Waals surface area contributed by atoms with E-state index in [1.807, 2.05) is 38.1 Å². The number of aryl methyl sites for hydroxylation is 1. The molecule has 0 amide bonds. The molecule has 1 aromatic carbocycles. The minimum absolute atomic E-state index is 0.121. The largest absolute Gasteiger partial charge is 0.491 e. The summed E-state index contributed by atoms with van der Waals surface area (Å²) in [5.74, 6) is 0.401. The maximum Gasteiger partial charge on any atom is 0.350 e. The molecule has 0 aliphatic carbocycles. The van der Waals surface area contributed by atoms with Crippen LogP contribution in [-0.2, 0) is 4.74 Å². The zero-order chi connectivity index (χ0) is 16.8. The van der Waals surface area contributed by atoms with Crippen LogP contribution in [0.15, 0.2) is 29.4 Å². The van der Waals surface area contributed by atoms with E-state index in [4.69, 9.17) is 9.47 Å². The molecule has 0 saturated carbocycles. The predicted octanol–water partition coefficient (Wildman–Crippen LogP) is 3.47. The van der Waals surface area contributed by atoms with Gasteiger partial charge in [-0.2, -0.15) is 5.10 Å². The van der Waals surface area contributed by atoms with Crippen LogP contribution >= 0.6 is 11.3 Å². The molecule has 0 saturated heterocycles. The number of aromatic nitrogens is 1. The fourth-order valence-corrected chi connectivity index (χ4v) is 2.66. The Kier molecular flexibility index (Phi) is 5.70. The van der Waals surface area contributed by atoms with Crippen LogP contribution < -0.4 is 10.2 Å². The SMILES string of the molecule is COC(=O)c1sc(N/N=C/c2cccc(OC(C)C)c2)nc1C. The Hall–Kier alpha value is -2.41. The Bertz CT molecular complexity index is 710. The fraction of sp³-hybridized carbons (Fsp3) is 0.312. The third-order valence-electron chi connectivity index (χ3n) is 2.77. The number of esters is 1. The summed E-state index contributed by atoms with van der Waals surface area (Å²) in [5, 5.41) is 4.67. The first-order valence-corrected chi connectivity index (χ1v) is 7.92. The third kappa shape index (κ3) is 4.79. The smallest absolute Gasteiger partial charge is 0.350 e. The van der Waals surface area contributed by atoms with Crippen LogP contribution in [0.2, 0.25) is 0 Å². The molecule has 0 atom stereocenters. The highest BCUT2D eigenvalue weighted by molar-refractivity contribution is 7.17. The molecule has 122 valence electrons. The van der Waals surface area contributed by atoms with Crippen LogP contribution in [0, 0.1) is 6.92 Å². The van der Waals surface area contributed by atoms with Crippen LogP contribution in [0.25, 0.3) is 0 Å². The summed E-state index contributed by atoms with van der Waals surface area (Å²) in [5.41, 5.74) is 4.34. The van der Waals surface area contributed by atoms with Crippen molar-refractivity contribution < 1.29 is 14.3 Å². The molecule has 0 fully saturated rings. The van der Waals surface area contributed by atoms with Crippen LogP contribution in [0.5, 0.6) is 5.75 Å². The van der Waals surface area contributed by atoms with Gasteiger partial charge in [0.2, 0.25) is 5.13 Å². The molecule has 1 aromatic heterocycles. The van der Waals surface area contributed by atoms with Crippen molar-refractivity contribution >= 4 is 28.7 Å². The van der Waals surface area contributed by atoms with Crippen molar-refractivity contribution in [3.63, 3.8) is 0 Å². The molecular weight excluding hydrogens is 314 g/mol. The van der Waals surface area contributed by atoms with Gasteiger partial charge in [0.1, 0.15) is 10.6 Å². The third-order valence-corrected chi connectivity index (χ3v) is 3.81. The van der Waals surface area contributed by atoms with Gasteiger partial charge in [-0.1, -0.05) is 23.5 Å². The Morgan fingerprint density at radius 2 is 2.22 bits per heavy atom. The van der Waals surface area contributed by atoms with Crippen molar-refractivity contribution in [2.45, 2.75) is 26.9 Å². The number of nitrogens with one attached hydrogen (secondary N) is 1. The zero-order valence-electron chi connectivity index (χ0n) is 13.5. The molecule has 2 aromatic rings. The highest BCUT2D eigenvalue weighted by atomic mass is 32.1. The van der Waals surface area contributed by atoms with E-state index < -0.39 is 5.97 Å². The average molecular weight is 333 g/mol. The van der Waals surface area contributed by atoms with Gasteiger partial charge in [0, 0.05) is 0 Å². The number of carbonyl (C=O) groups excluding carboxylic acids is 1. The second kappa shape index (κ2) is 7.73. The first kappa shape index (κ1) is 17.0. The molecule has 0 radical (unpaired) electrons. The highest BCUT2D eigenvalue weighted by Crippen LogP contribution is 2.23. The van der Waals surface area contributed by atoms with Crippen LogP contribution in [-0.4, -0.2) is 30.4 Å². The molecule has 7 heteroatoms. The predicted molar refractivity (Wildman–Crippen MR) is 91.6 cm³/mol. The summed E-state index contributed by atoms with van der Waals surface area (Å²) < 4.78 is 10.3. The quantitative estimate of drug-likeness (QED) is 0.498. The number of anilines is 1. The maximum atomic E-state index is 11.5. The van der Waals surface area contributed by atoms with Crippen molar-refractivity contribution in [2.75, 3.05) is 12.5 Å². The Morgan fingerprint density at radius 3 is 2.91 bits per heavy atom. The molecule has 1 heterocycles. The van der Waals surface area contributed by atoms with E-state index in [2.05, 4.69) is 15.5 Å². The number of ether oxygens (including phenoxy) is 2. The highest BCUT2D eigenvalue weighted by Gasteiger charge is 2.15. The summed E-state index contributed by atoms with van der Waals surface area (Å²) in [7, 11) is 1.35. The van der Waals surface area contributed by atoms with Crippen molar-refractivity contribution in [3.05, 3.63) is 40.4 Å². The average Bonchev–Trinajstić information content (AvgIpc) is 2.87. The number of benzene rings is 1. The lowest BCUT2D eigenvalue weighted by molar-refractivity contribution is 0.0605. The maximum absolute atomic E-state index is 11.5. The number of hydrogen-bond donors (Lipinski definition) is 1. The number of thiazole rings is 1. The van der Waals surface area contributed by atoms with Crippen molar-refractivity contribution in [1.82, 2.24) is 4.98 Å². The minimum atomic E-state index is -0.393. The monoisotopic (exact) mass is 333 g/mol. The van der Waals surface area contributed by atoms with Crippen LogP contribution in [0.4, 0.5) is 5.13 Å². The topological polar surface area (TPSA) is 72.8 Å². The lowest BCUT2D eigenvalue weighted by Gasteiger charge is -2.09. The van der Waals surface area contributed by atoms with Crippen molar-refractivity contribution in [1.29, 1.82) is 0 Å². The number of nitrogens with zero attached hydrogens (tertiary/aromatic N) is 2. The van der Waals surface area contributed by atoms with Crippen molar-refractivity contribution in [2.24, 2.45) is 5.10 Å². The van der Waals surface area contributed by atoms with Crippen molar-refractivity contribution in [3.8, 4) is 5.75 Å². The van der Waals surface area contributed by atoms with E-state index in [9.17, 15) is 4.79 Å². The molecular formula is C16H19N3O3S. The Labute approximate surface area is 139 Å². The second-order valence-electron chi connectivity index (χ2n) is 5.03. The van der Waals surface area contributed by atoms with Crippen LogP contribution in [0.3, 0.4) is 0 Å². The molecule has 0 spiro atoms. The summed E-state index contributed by atoms with van der Waals surface area (Å²) in [4.78, 5) is 16.2. The number of rotatable bonds is 6. The van der Waals surface area contributed by atoms with Gasteiger partial charge in [-0.25, -0.2) is 9.78 Å². The van der Waals surface area contributed by atoms with Crippen LogP contribution in [0.1, 0.15) is 34.8 Å². The molecule has 23 heavy (non-hydrogen) atoms. The fourth-order valence-electron chi connectivity index (χ4n) is 1.83. The van der Waals surface area contributed by atoms with Gasteiger partial charge in [0.25, 0.3) is 0 Å². The molecule has 0 bridgehead atoms. The first-order valence-electron chi connectivity index (χ1n) is 7.11.